The Bertz CT molecular complexity index is 1220. The third kappa shape index (κ3) is 8.28. The van der Waals surface area contributed by atoms with Crippen molar-refractivity contribution < 1.29 is 23.1 Å². The number of ketones is 1. The van der Waals surface area contributed by atoms with Crippen molar-refractivity contribution in [1.29, 1.82) is 0 Å². The largest absolute Gasteiger partial charge is 0.512 e. The summed E-state index contributed by atoms with van der Waals surface area (Å²) in [6, 6.07) is 3.37. The number of nitrogen functional groups attached to an aromatic ring is 1. The third-order valence-electron chi connectivity index (χ3n) is 11.1. The van der Waals surface area contributed by atoms with Gasteiger partial charge in [-0.1, -0.05) is 24.6 Å². The SMILES string of the molecule is Cc1cc(C[C@@H](C/C=C(\O)CC2=CCC(C)CC2)C(=O)CC2CCN(C3CNCCC4CCC43)CC2)cc(C(F)(F)F)c1N. The Morgan fingerprint density at radius 3 is 2.59 bits per heavy atom. The standard InChI is InChI=1S/C36H52F3N3O2/c1-23-3-5-25(6-4-23)19-30(43)9-7-29(18-27-17-24(2)35(40)32(20-27)36(37,38)39)34(44)21-26-12-15-42(16-13-26)33-22-41-14-11-28-8-10-31(28)33/h5,9,17,20,23,26,28-29,31,33,41,43H,3-4,6-8,10-16,18-19,21-22,40H2,1-2H3/b30-9-/t23?,28?,29-,31?,33?/m1/s1. The van der Waals surface area contributed by atoms with Crippen molar-refractivity contribution in [3.63, 3.8) is 0 Å². The van der Waals surface area contributed by atoms with Crippen molar-refractivity contribution in [2.75, 3.05) is 31.9 Å². The van der Waals surface area contributed by atoms with Crippen LogP contribution in [0.25, 0.3) is 0 Å². The van der Waals surface area contributed by atoms with E-state index in [2.05, 4.69) is 23.2 Å². The Hall–Kier alpha value is -2.32. The summed E-state index contributed by atoms with van der Waals surface area (Å²) in [5.41, 5.74) is 6.74. The molecule has 3 fully saturated rings. The molecular formula is C36H52F3N3O2. The molecule has 5 atom stereocenters. The summed E-state index contributed by atoms with van der Waals surface area (Å²) in [5.74, 6) is 2.41. The number of nitrogens with zero attached hydrogens (tertiary/aromatic N) is 1. The first-order valence-corrected chi connectivity index (χ1v) is 17.0. The Labute approximate surface area is 261 Å². The first-order valence-electron chi connectivity index (χ1n) is 17.0. The zero-order chi connectivity index (χ0) is 31.4. The highest BCUT2D eigenvalue weighted by Gasteiger charge is 2.41. The maximum atomic E-state index is 13.8. The molecule has 4 aliphatic rings. The van der Waals surface area contributed by atoms with Crippen LogP contribution in [0.15, 0.2) is 35.6 Å². The number of fused-ring (bicyclic) bond motifs is 1. The maximum absolute atomic E-state index is 13.8. The number of aliphatic hydroxyl groups excluding tert-OH is 1. The van der Waals surface area contributed by atoms with Crippen molar-refractivity contribution in [2.24, 2.45) is 29.6 Å². The van der Waals surface area contributed by atoms with Gasteiger partial charge in [0.25, 0.3) is 0 Å². The number of benzene rings is 1. The molecule has 8 heteroatoms. The highest BCUT2D eigenvalue weighted by atomic mass is 19.4. The lowest BCUT2D eigenvalue weighted by atomic mass is 9.68. The Morgan fingerprint density at radius 2 is 1.93 bits per heavy atom. The van der Waals surface area contributed by atoms with Gasteiger partial charge < -0.3 is 16.2 Å². The average molecular weight is 616 g/mol. The van der Waals surface area contributed by atoms with E-state index in [1.54, 1.807) is 19.1 Å². The molecule has 2 saturated heterocycles. The molecule has 5 rings (SSSR count). The fraction of sp³-hybridized carbons (Fsp3) is 0.694. The number of carbonyl (C=O) groups excluding carboxylic acids is 1. The number of nitrogens with one attached hydrogen (secondary N) is 1. The van der Waals surface area contributed by atoms with Crippen LogP contribution in [0.2, 0.25) is 0 Å². The molecule has 44 heavy (non-hydrogen) atoms. The average Bonchev–Trinajstić information content (AvgIpc) is 3.10. The summed E-state index contributed by atoms with van der Waals surface area (Å²) in [4.78, 5) is 16.5. The molecule has 2 aliphatic heterocycles. The number of aliphatic hydroxyl groups is 1. The van der Waals surface area contributed by atoms with Crippen molar-refractivity contribution in [1.82, 2.24) is 10.2 Å². The van der Waals surface area contributed by atoms with Gasteiger partial charge in [0.15, 0.2) is 0 Å². The highest BCUT2D eigenvalue weighted by molar-refractivity contribution is 5.81. The number of rotatable bonds is 10. The number of hydrogen-bond acceptors (Lipinski definition) is 5. The molecule has 1 aromatic carbocycles. The van der Waals surface area contributed by atoms with Crippen LogP contribution < -0.4 is 11.1 Å². The third-order valence-corrected chi connectivity index (χ3v) is 11.1. The monoisotopic (exact) mass is 615 g/mol. The molecule has 4 N–H and O–H groups in total. The van der Waals surface area contributed by atoms with Crippen molar-refractivity contribution in [3.05, 3.63) is 52.3 Å². The first-order chi connectivity index (χ1) is 21.0. The number of Topliss-reactive ketones (excluding diaryl/α,β-unsaturated/α-hetero) is 1. The second-order valence-electron chi connectivity index (χ2n) is 14.3. The van der Waals surface area contributed by atoms with E-state index in [9.17, 15) is 23.1 Å². The molecule has 0 bridgehead atoms. The van der Waals surface area contributed by atoms with Crippen LogP contribution in [-0.2, 0) is 17.4 Å². The second-order valence-corrected chi connectivity index (χ2v) is 14.3. The number of allylic oxidation sites excluding steroid dienone is 3. The van der Waals surface area contributed by atoms with Crippen LogP contribution in [0.4, 0.5) is 18.9 Å². The van der Waals surface area contributed by atoms with Crippen LogP contribution in [0, 0.1) is 36.5 Å². The van der Waals surface area contributed by atoms with E-state index in [0.29, 0.717) is 42.3 Å². The summed E-state index contributed by atoms with van der Waals surface area (Å²) >= 11 is 0. The van der Waals surface area contributed by atoms with Crippen molar-refractivity contribution in [2.45, 2.75) is 103 Å². The minimum absolute atomic E-state index is 0.0800. The van der Waals surface area contributed by atoms with Crippen LogP contribution in [0.1, 0.15) is 94.2 Å². The van der Waals surface area contributed by atoms with E-state index in [0.717, 1.165) is 76.2 Å². The summed E-state index contributed by atoms with van der Waals surface area (Å²) < 4.78 is 41.2. The van der Waals surface area contributed by atoms with Gasteiger partial charge in [-0.15, -0.1) is 0 Å². The molecule has 4 unspecified atom stereocenters. The fourth-order valence-corrected chi connectivity index (χ4v) is 8.09. The predicted molar refractivity (Wildman–Crippen MR) is 170 cm³/mol. The van der Waals surface area contributed by atoms with E-state index in [1.807, 2.05) is 0 Å². The molecule has 5 nitrogen and oxygen atoms in total. The van der Waals surface area contributed by atoms with E-state index in [-0.39, 0.29) is 29.6 Å². The van der Waals surface area contributed by atoms with Crippen LogP contribution >= 0.6 is 0 Å². The number of likely N-dealkylation sites (tertiary alicyclic amines) is 1. The van der Waals surface area contributed by atoms with Crippen molar-refractivity contribution in [3.8, 4) is 0 Å². The molecule has 244 valence electrons. The van der Waals surface area contributed by atoms with Gasteiger partial charge in [0.05, 0.1) is 11.3 Å². The number of hydrogen-bond donors (Lipinski definition) is 3. The van der Waals surface area contributed by atoms with Gasteiger partial charge in [-0.3, -0.25) is 9.69 Å². The van der Waals surface area contributed by atoms with Gasteiger partial charge in [0.1, 0.15) is 5.78 Å². The lowest BCUT2D eigenvalue weighted by molar-refractivity contribution is -0.137. The van der Waals surface area contributed by atoms with Gasteiger partial charge in [0.2, 0.25) is 0 Å². The zero-order valence-electron chi connectivity index (χ0n) is 26.6. The Balaban J connectivity index is 1.25. The fourth-order valence-electron chi connectivity index (χ4n) is 8.09. The first kappa shape index (κ1) is 33.1. The van der Waals surface area contributed by atoms with Gasteiger partial charge in [-0.05, 0) is 138 Å². The summed E-state index contributed by atoms with van der Waals surface area (Å²) in [7, 11) is 0. The van der Waals surface area contributed by atoms with Crippen LogP contribution in [-0.4, -0.2) is 48.0 Å². The Morgan fingerprint density at radius 1 is 1.16 bits per heavy atom. The van der Waals surface area contributed by atoms with Crippen LogP contribution in [0.5, 0.6) is 0 Å². The zero-order valence-corrected chi connectivity index (χ0v) is 26.6. The molecule has 0 radical (unpaired) electrons. The maximum Gasteiger partial charge on any atom is 0.418 e. The lowest BCUT2D eigenvalue weighted by Crippen LogP contribution is -2.52. The van der Waals surface area contributed by atoms with E-state index >= 15 is 0 Å². The predicted octanol–water partition coefficient (Wildman–Crippen LogP) is 7.78. The van der Waals surface area contributed by atoms with Gasteiger partial charge in [-0.2, -0.15) is 13.2 Å². The quantitative estimate of drug-likeness (QED) is 0.142. The number of alkyl halides is 3. The molecule has 2 heterocycles. The van der Waals surface area contributed by atoms with Gasteiger partial charge in [0, 0.05) is 37.0 Å². The molecule has 1 saturated carbocycles. The minimum Gasteiger partial charge on any atom is -0.512 e. The smallest absolute Gasteiger partial charge is 0.418 e. The number of aryl methyl sites for hydroxylation is 1. The molecule has 0 amide bonds. The number of carbonyl (C=O) groups is 1. The van der Waals surface area contributed by atoms with Gasteiger partial charge >= 0.3 is 6.18 Å². The lowest BCUT2D eigenvalue weighted by Gasteiger charge is -2.47. The van der Waals surface area contributed by atoms with Gasteiger partial charge in [-0.25, -0.2) is 0 Å². The topological polar surface area (TPSA) is 78.6 Å². The molecular weight excluding hydrogens is 563 g/mol. The number of piperidine rings is 1. The summed E-state index contributed by atoms with van der Waals surface area (Å²) in [5, 5.41) is 14.4. The minimum atomic E-state index is -4.56. The summed E-state index contributed by atoms with van der Waals surface area (Å²) in [6.07, 6.45) is 9.79. The number of nitrogens with two attached hydrogens (primary N) is 1. The normalized spacial score (nSPS) is 28.0. The van der Waals surface area contributed by atoms with E-state index in [4.69, 9.17) is 5.73 Å². The number of halogens is 3. The molecule has 1 aromatic rings. The summed E-state index contributed by atoms with van der Waals surface area (Å²) in [6.45, 7) is 7.97. The number of anilines is 1. The highest BCUT2D eigenvalue weighted by Crippen LogP contribution is 2.43. The van der Waals surface area contributed by atoms with E-state index in [1.165, 1.54) is 24.8 Å². The molecule has 0 spiro atoms. The van der Waals surface area contributed by atoms with E-state index < -0.39 is 17.7 Å². The molecule has 2 aliphatic carbocycles. The van der Waals surface area contributed by atoms with Crippen molar-refractivity contribution >= 4 is 11.5 Å². The Kier molecular flexibility index (Phi) is 10.8. The van der Waals surface area contributed by atoms with Crippen LogP contribution in [0.3, 0.4) is 0 Å². The molecule has 0 aromatic heterocycles. The second kappa shape index (κ2) is 14.4.